The second kappa shape index (κ2) is 3.82. The molecule has 2 aliphatic rings. The lowest BCUT2D eigenvalue weighted by Gasteiger charge is -2.29. The average molecular weight is 237 g/mol. The molecule has 1 saturated carbocycles. The molecule has 0 amide bonds. The van der Waals surface area contributed by atoms with Crippen molar-refractivity contribution in [2.75, 3.05) is 13.2 Å². The summed E-state index contributed by atoms with van der Waals surface area (Å²) in [5, 5.41) is 9.77. The van der Waals surface area contributed by atoms with Crippen molar-refractivity contribution in [1.29, 1.82) is 0 Å². The first-order chi connectivity index (χ1) is 10.6. The molecule has 0 bridgehead atoms. The zero-order valence-corrected chi connectivity index (χ0v) is 9.63. The van der Waals surface area contributed by atoms with Gasteiger partial charge in [0.15, 0.2) is 0 Å². The van der Waals surface area contributed by atoms with Gasteiger partial charge in [0, 0.05) is 27.4 Å². The number of hydrogen-bond acceptors (Lipinski definition) is 2. The van der Waals surface area contributed by atoms with E-state index in [1.165, 1.54) is 0 Å². The van der Waals surface area contributed by atoms with Gasteiger partial charge in [-0.2, -0.15) is 0 Å². The van der Waals surface area contributed by atoms with E-state index in [0.29, 0.717) is 13.1 Å². The smallest absolute Gasteiger partial charge is 0.0590 e. The highest BCUT2D eigenvalue weighted by Gasteiger charge is 2.66. The molecule has 1 N–H and O–H groups in total. The molecule has 1 aliphatic carbocycles. The molecular formula is C15H21NO. The third-order valence-corrected chi connectivity index (χ3v) is 4.17. The van der Waals surface area contributed by atoms with Gasteiger partial charge in [0.1, 0.15) is 0 Å². The van der Waals surface area contributed by atoms with Crippen LogP contribution >= 0.6 is 0 Å². The largest absolute Gasteiger partial charge is 0.395 e. The summed E-state index contributed by atoms with van der Waals surface area (Å²) in [6, 6.07) is 9.30. The molecule has 3 atom stereocenters. The van der Waals surface area contributed by atoms with Crippen molar-refractivity contribution >= 4 is 0 Å². The minimum atomic E-state index is -2.54. The fourth-order valence-corrected chi connectivity index (χ4v) is 3.16. The Morgan fingerprint density at radius 3 is 2.82 bits per heavy atom. The minimum Gasteiger partial charge on any atom is -0.395 e. The zero-order valence-electron chi connectivity index (χ0n) is 15.6. The monoisotopic (exact) mass is 237 g/mol. The molecular weight excluding hydrogens is 210 g/mol. The fraction of sp³-hybridized carbons (Fsp3) is 0.600. The molecule has 1 saturated heterocycles. The normalized spacial score (nSPS) is 41.4. The van der Waals surface area contributed by atoms with Gasteiger partial charge < -0.3 is 5.11 Å². The number of likely N-dealkylation sites (tertiary alicyclic amines) is 1. The van der Waals surface area contributed by atoms with E-state index in [1.807, 2.05) is 35.2 Å². The van der Waals surface area contributed by atoms with E-state index in [0.717, 1.165) is 5.56 Å². The maximum absolute atomic E-state index is 9.77. The number of fused-ring (bicyclic) bond motifs is 1. The summed E-state index contributed by atoms with van der Waals surface area (Å²) >= 11 is 0. The van der Waals surface area contributed by atoms with Crippen LogP contribution in [0.2, 0.25) is 0 Å². The van der Waals surface area contributed by atoms with Gasteiger partial charge in [0.2, 0.25) is 0 Å². The Balaban J connectivity index is 1.85. The van der Waals surface area contributed by atoms with Crippen molar-refractivity contribution in [3.8, 4) is 0 Å². The molecule has 17 heavy (non-hydrogen) atoms. The van der Waals surface area contributed by atoms with Crippen molar-refractivity contribution in [2.45, 2.75) is 26.3 Å². The van der Waals surface area contributed by atoms with Crippen LogP contribution in [0.1, 0.15) is 27.5 Å². The molecule has 2 nitrogen and oxygen atoms in total. The summed E-state index contributed by atoms with van der Waals surface area (Å²) in [5.41, 5.74) is -0.596. The first-order valence-corrected chi connectivity index (χ1v) is 6.03. The third-order valence-electron chi connectivity index (χ3n) is 4.17. The van der Waals surface area contributed by atoms with Crippen molar-refractivity contribution < 1.29 is 13.3 Å². The van der Waals surface area contributed by atoms with Crippen LogP contribution in [0.5, 0.6) is 0 Å². The second-order valence-electron chi connectivity index (χ2n) is 5.17. The molecule has 1 aromatic carbocycles. The van der Waals surface area contributed by atoms with Gasteiger partial charge in [0.25, 0.3) is 0 Å². The van der Waals surface area contributed by atoms with Gasteiger partial charge >= 0.3 is 0 Å². The van der Waals surface area contributed by atoms with Crippen LogP contribution in [0.15, 0.2) is 30.3 Å². The summed E-state index contributed by atoms with van der Waals surface area (Å²) in [4.78, 5) is 2.01. The van der Waals surface area contributed by atoms with Crippen molar-refractivity contribution in [2.24, 2.45) is 17.3 Å². The maximum Gasteiger partial charge on any atom is 0.0590 e. The molecule has 1 aliphatic heterocycles. The molecule has 0 radical (unpaired) electrons. The highest BCUT2D eigenvalue weighted by Crippen LogP contribution is 2.64. The maximum atomic E-state index is 9.77. The lowest BCUT2D eigenvalue weighted by atomic mass is 10.0. The van der Waals surface area contributed by atoms with Crippen LogP contribution in [-0.4, -0.2) is 29.2 Å². The molecule has 2 fully saturated rings. The predicted octanol–water partition coefficient (Wildman–Crippen LogP) is 2.14. The standard InChI is InChI=1S/C15H21NO/c1-15(2)12-9-16(13(10-17)14(12)15)8-11-6-4-3-5-7-11/h3-7,12-14,17H,8-10H2,1-2H3/t12-,13+,14+/m0/s1/i1D3,2D3. The van der Waals surface area contributed by atoms with Gasteiger partial charge in [0.05, 0.1) is 6.61 Å². The Morgan fingerprint density at radius 1 is 1.41 bits per heavy atom. The van der Waals surface area contributed by atoms with E-state index in [4.69, 9.17) is 8.22 Å². The SMILES string of the molecule is [2H]C([2H])([2H])C1(C([2H])([2H])[2H])[C@H]2[C@@H](CO)N(Cc3ccccc3)C[C@@H]21. The molecule has 3 rings (SSSR count). The summed E-state index contributed by atoms with van der Waals surface area (Å²) < 4.78 is 46.7. The Morgan fingerprint density at radius 2 is 2.18 bits per heavy atom. The molecule has 2 heteroatoms. The second-order valence-corrected chi connectivity index (χ2v) is 5.17. The van der Waals surface area contributed by atoms with Crippen LogP contribution in [0.3, 0.4) is 0 Å². The summed E-state index contributed by atoms with van der Waals surface area (Å²) in [6.07, 6.45) is 0. The summed E-state index contributed by atoms with van der Waals surface area (Å²) in [6.45, 7) is -4.31. The Bertz CT molecular complexity index is 556. The van der Waals surface area contributed by atoms with E-state index in [-0.39, 0.29) is 6.61 Å². The number of hydrogen-bond donors (Lipinski definition) is 1. The quantitative estimate of drug-likeness (QED) is 0.870. The number of benzene rings is 1. The number of aliphatic hydroxyl groups excluding tert-OH is 1. The lowest BCUT2D eigenvalue weighted by molar-refractivity contribution is 0.110. The predicted molar refractivity (Wildman–Crippen MR) is 68.5 cm³/mol. The highest BCUT2D eigenvalue weighted by molar-refractivity contribution is 5.19. The number of nitrogens with zero attached hydrogens (tertiary/aromatic N) is 1. The minimum absolute atomic E-state index is 0.220. The lowest BCUT2D eigenvalue weighted by Crippen LogP contribution is -2.38. The highest BCUT2D eigenvalue weighted by atomic mass is 16.3. The Labute approximate surface area is 112 Å². The number of piperidine rings is 1. The third kappa shape index (κ3) is 1.71. The molecule has 1 heterocycles. The number of aliphatic hydroxyl groups is 1. The van der Waals surface area contributed by atoms with Crippen LogP contribution < -0.4 is 0 Å². The molecule has 0 spiro atoms. The van der Waals surface area contributed by atoms with E-state index in [1.54, 1.807) is 0 Å². The van der Waals surface area contributed by atoms with Crippen LogP contribution in [0.25, 0.3) is 0 Å². The molecule has 1 aromatic rings. The van der Waals surface area contributed by atoms with Gasteiger partial charge in [-0.15, -0.1) is 0 Å². The molecule has 92 valence electrons. The van der Waals surface area contributed by atoms with Crippen LogP contribution in [-0.2, 0) is 6.54 Å². The summed E-state index contributed by atoms with van der Waals surface area (Å²) in [5.74, 6) is -0.917. The Hall–Kier alpha value is -0.860. The van der Waals surface area contributed by atoms with Crippen LogP contribution in [0, 0.1) is 17.3 Å². The first kappa shape index (κ1) is 6.35. The van der Waals surface area contributed by atoms with Crippen molar-refractivity contribution in [1.82, 2.24) is 4.90 Å². The number of rotatable bonds is 3. The van der Waals surface area contributed by atoms with E-state index >= 15 is 0 Å². The molecule has 0 aromatic heterocycles. The van der Waals surface area contributed by atoms with Gasteiger partial charge in [-0.3, -0.25) is 4.90 Å². The van der Waals surface area contributed by atoms with Gasteiger partial charge in [-0.05, 0) is 22.8 Å². The van der Waals surface area contributed by atoms with E-state index in [2.05, 4.69) is 0 Å². The topological polar surface area (TPSA) is 23.5 Å². The van der Waals surface area contributed by atoms with Crippen LogP contribution in [0.4, 0.5) is 0 Å². The van der Waals surface area contributed by atoms with Gasteiger partial charge in [-0.1, -0.05) is 44.0 Å². The first-order valence-electron chi connectivity index (χ1n) is 9.03. The zero-order chi connectivity index (χ0) is 17.0. The fourth-order valence-electron chi connectivity index (χ4n) is 3.16. The van der Waals surface area contributed by atoms with Crippen molar-refractivity contribution in [3.63, 3.8) is 0 Å². The molecule has 0 unspecified atom stereocenters. The summed E-state index contributed by atoms with van der Waals surface area (Å²) in [7, 11) is 0. The average Bonchev–Trinajstić information content (AvgIpc) is 2.99. The van der Waals surface area contributed by atoms with Gasteiger partial charge in [-0.25, -0.2) is 0 Å². The van der Waals surface area contributed by atoms with E-state index in [9.17, 15) is 5.11 Å². The van der Waals surface area contributed by atoms with E-state index < -0.39 is 37.0 Å². The van der Waals surface area contributed by atoms with Crippen molar-refractivity contribution in [3.05, 3.63) is 35.9 Å². The Kier molecular flexibility index (Phi) is 1.43.